The van der Waals surface area contributed by atoms with Crippen LogP contribution in [0.2, 0.25) is 78.6 Å². The first-order chi connectivity index (χ1) is 11.4. The molecule has 0 aliphatic carbocycles. The van der Waals surface area contributed by atoms with E-state index in [-0.39, 0.29) is 24.6 Å². The van der Waals surface area contributed by atoms with Crippen LogP contribution in [-0.4, -0.2) is 64.5 Å². The highest BCUT2D eigenvalue weighted by atomic mass is 28.4. The third-order valence-corrected chi connectivity index (χ3v) is 7.24. The summed E-state index contributed by atoms with van der Waals surface area (Å²) in [7, 11) is -7.14. The van der Waals surface area contributed by atoms with Crippen molar-refractivity contribution < 1.29 is 22.4 Å². The maximum atomic E-state index is 6.63. The number of hydrogen-bond donors (Lipinski definition) is 0. The van der Waals surface area contributed by atoms with Gasteiger partial charge in [0, 0.05) is 0 Å². The number of hydrogen-bond acceptors (Lipinski definition) is 5. The molecule has 0 aromatic heterocycles. The summed E-state index contributed by atoms with van der Waals surface area (Å²) in [5.74, 6) is 0. The molecule has 1 heterocycles. The van der Waals surface area contributed by atoms with Crippen molar-refractivity contribution in [2.24, 2.45) is 0 Å². The molecule has 1 saturated heterocycles. The molecule has 5 nitrogen and oxygen atoms in total. The number of ether oxygens (including phenoxy) is 1. The molecule has 156 valence electrons. The normalized spacial score (nSPS) is 29.1. The third kappa shape index (κ3) is 9.74. The summed E-state index contributed by atoms with van der Waals surface area (Å²) in [6.45, 7) is 26.9. The van der Waals surface area contributed by atoms with E-state index in [1.54, 1.807) is 0 Å². The first kappa shape index (κ1) is 24.7. The first-order valence-corrected chi connectivity index (χ1v) is 23.3. The molecule has 0 radical (unpaired) electrons. The van der Waals surface area contributed by atoms with Crippen molar-refractivity contribution in [3.63, 3.8) is 0 Å². The molecule has 0 amide bonds. The minimum absolute atomic E-state index is 0.101. The Kier molecular flexibility index (Phi) is 8.15. The Bertz CT molecular complexity index is 406. The van der Waals surface area contributed by atoms with Gasteiger partial charge in [-0.05, 0) is 78.6 Å². The molecule has 1 aliphatic heterocycles. The molecule has 26 heavy (non-hydrogen) atoms. The molecule has 2 unspecified atom stereocenters. The van der Waals surface area contributed by atoms with Crippen molar-refractivity contribution in [2.75, 3.05) is 6.61 Å². The molecule has 4 atom stereocenters. The van der Waals surface area contributed by atoms with Gasteiger partial charge in [0.25, 0.3) is 0 Å². The molecule has 0 spiro atoms. The van der Waals surface area contributed by atoms with Crippen LogP contribution >= 0.6 is 0 Å². The SMILES string of the molecule is C[Si](C)(C)OC1C(O[Si](C)(C)C)[C@H](O[Si](C)(C)C)CO[C@@H]1O[Si](C)(C)C. The van der Waals surface area contributed by atoms with Crippen LogP contribution in [-0.2, 0) is 22.4 Å². The minimum atomic E-state index is -1.82. The van der Waals surface area contributed by atoms with Crippen molar-refractivity contribution in [1.82, 2.24) is 0 Å². The van der Waals surface area contributed by atoms with Gasteiger partial charge in [-0.2, -0.15) is 0 Å². The fraction of sp³-hybridized carbons (Fsp3) is 1.00. The zero-order chi connectivity index (χ0) is 20.6. The van der Waals surface area contributed by atoms with E-state index in [9.17, 15) is 0 Å². The predicted octanol–water partition coefficient (Wildman–Crippen LogP) is 4.85. The molecular formula is C17H42O5Si4. The second-order valence-electron chi connectivity index (χ2n) is 11.1. The lowest BCUT2D eigenvalue weighted by atomic mass is 10.1. The van der Waals surface area contributed by atoms with Crippen LogP contribution in [0.5, 0.6) is 0 Å². The van der Waals surface area contributed by atoms with Gasteiger partial charge >= 0.3 is 0 Å². The summed E-state index contributed by atoms with van der Waals surface area (Å²) in [6, 6.07) is 0. The van der Waals surface area contributed by atoms with Gasteiger partial charge in [-0.1, -0.05) is 0 Å². The molecule has 0 aromatic rings. The first-order valence-electron chi connectivity index (χ1n) is 9.69. The van der Waals surface area contributed by atoms with Crippen molar-refractivity contribution in [2.45, 2.75) is 103 Å². The van der Waals surface area contributed by atoms with Crippen LogP contribution in [0, 0.1) is 0 Å². The molecule has 0 bridgehead atoms. The van der Waals surface area contributed by atoms with E-state index in [2.05, 4.69) is 78.6 Å². The van der Waals surface area contributed by atoms with E-state index in [0.29, 0.717) is 6.61 Å². The average Bonchev–Trinajstić information content (AvgIpc) is 2.30. The summed E-state index contributed by atoms with van der Waals surface area (Å²) in [5, 5.41) is 0. The van der Waals surface area contributed by atoms with Gasteiger partial charge in [-0.25, -0.2) is 0 Å². The highest BCUT2D eigenvalue weighted by Gasteiger charge is 2.48. The molecule has 1 aliphatic rings. The van der Waals surface area contributed by atoms with Crippen molar-refractivity contribution in [3.05, 3.63) is 0 Å². The maximum absolute atomic E-state index is 6.63. The van der Waals surface area contributed by atoms with Crippen LogP contribution in [0.25, 0.3) is 0 Å². The standard InChI is InChI=1S/C17H42O5Si4/c1-23(2,3)19-14-13-18-17(22-26(10,11)12)16(21-25(7,8)9)15(14)20-24(4,5)6/h14-17H,13H2,1-12H3/t14-,15?,16?,17-/m1/s1. The Balaban J connectivity index is 3.20. The van der Waals surface area contributed by atoms with Crippen molar-refractivity contribution in [1.29, 1.82) is 0 Å². The Morgan fingerprint density at radius 1 is 0.538 bits per heavy atom. The smallest absolute Gasteiger partial charge is 0.187 e. The van der Waals surface area contributed by atoms with Crippen molar-refractivity contribution >= 4 is 33.3 Å². The lowest BCUT2D eigenvalue weighted by Crippen LogP contribution is -2.63. The number of rotatable bonds is 8. The van der Waals surface area contributed by atoms with Crippen LogP contribution < -0.4 is 0 Å². The molecule has 0 saturated carbocycles. The topological polar surface area (TPSA) is 46.2 Å². The average molecular weight is 439 g/mol. The van der Waals surface area contributed by atoms with Gasteiger partial charge in [0.2, 0.25) is 0 Å². The Hall–Kier alpha value is 0.668. The predicted molar refractivity (Wildman–Crippen MR) is 119 cm³/mol. The highest BCUT2D eigenvalue weighted by Crippen LogP contribution is 2.31. The lowest BCUT2D eigenvalue weighted by molar-refractivity contribution is -0.232. The van der Waals surface area contributed by atoms with Crippen LogP contribution in [0.1, 0.15) is 0 Å². The van der Waals surface area contributed by atoms with Crippen LogP contribution in [0.15, 0.2) is 0 Å². The fourth-order valence-corrected chi connectivity index (χ4v) is 7.01. The van der Waals surface area contributed by atoms with Crippen molar-refractivity contribution in [3.8, 4) is 0 Å². The second-order valence-corrected chi connectivity index (χ2v) is 28.9. The van der Waals surface area contributed by atoms with Gasteiger partial charge in [0.05, 0.1) is 12.7 Å². The van der Waals surface area contributed by atoms with E-state index in [0.717, 1.165) is 0 Å². The molecule has 9 heteroatoms. The summed E-state index contributed by atoms with van der Waals surface area (Å²) < 4.78 is 32.2. The van der Waals surface area contributed by atoms with E-state index in [1.807, 2.05) is 0 Å². The van der Waals surface area contributed by atoms with E-state index in [4.69, 9.17) is 22.4 Å². The lowest BCUT2D eigenvalue weighted by Gasteiger charge is -2.48. The van der Waals surface area contributed by atoms with Crippen LogP contribution in [0.3, 0.4) is 0 Å². The Morgan fingerprint density at radius 3 is 1.31 bits per heavy atom. The summed E-state index contributed by atoms with van der Waals surface area (Å²) in [6.07, 6.45) is -0.863. The van der Waals surface area contributed by atoms with E-state index >= 15 is 0 Å². The zero-order valence-corrected chi connectivity index (χ0v) is 23.1. The fourth-order valence-electron chi connectivity index (χ4n) is 2.83. The van der Waals surface area contributed by atoms with Gasteiger partial charge in [0.15, 0.2) is 39.6 Å². The quantitative estimate of drug-likeness (QED) is 0.507. The van der Waals surface area contributed by atoms with Gasteiger partial charge in [-0.15, -0.1) is 0 Å². The second kappa shape index (κ2) is 8.58. The highest BCUT2D eigenvalue weighted by molar-refractivity contribution is 6.71. The summed E-state index contributed by atoms with van der Waals surface area (Å²) >= 11 is 0. The molecule has 1 fully saturated rings. The molecule has 0 aromatic carbocycles. The van der Waals surface area contributed by atoms with E-state index < -0.39 is 33.3 Å². The Morgan fingerprint density at radius 2 is 0.923 bits per heavy atom. The molecule has 0 N–H and O–H groups in total. The summed E-state index contributed by atoms with van der Waals surface area (Å²) in [5.41, 5.74) is 0. The maximum Gasteiger partial charge on any atom is 0.187 e. The Labute approximate surface area is 165 Å². The van der Waals surface area contributed by atoms with Gasteiger partial charge < -0.3 is 22.4 Å². The van der Waals surface area contributed by atoms with Gasteiger partial charge in [-0.3, -0.25) is 0 Å². The molecule has 1 rings (SSSR count). The molecular weight excluding hydrogens is 397 g/mol. The third-order valence-electron chi connectivity index (χ3n) is 3.34. The minimum Gasteiger partial charge on any atom is -0.410 e. The largest absolute Gasteiger partial charge is 0.410 e. The van der Waals surface area contributed by atoms with Crippen LogP contribution in [0.4, 0.5) is 0 Å². The summed E-state index contributed by atoms with van der Waals surface area (Å²) in [4.78, 5) is 0. The van der Waals surface area contributed by atoms with Gasteiger partial charge in [0.1, 0.15) is 12.2 Å². The monoisotopic (exact) mass is 438 g/mol. The zero-order valence-electron chi connectivity index (χ0n) is 19.1. The van der Waals surface area contributed by atoms with E-state index in [1.165, 1.54) is 0 Å².